The zero-order valence-electron chi connectivity index (χ0n) is 6.26. The molecule has 0 radical (unpaired) electrons. The molecule has 0 fully saturated rings. The highest BCUT2D eigenvalue weighted by Crippen LogP contribution is 2.33. The number of aromatic nitrogens is 1. The maximum absolute atomic E-state index is 12.4. The summed E-state index contributed by atoms with van der Waals surface area (Å²) >= 11 is 2.85. The number of nitrogen functional groups attached to an aromatic ring is 1. The first kappa shape index (κ1) is 9.86. The molecule has 0 atom stereocenters. The van der Waals surface area contributed by atoms with Crippen LogP contribution in [0.15, 0.2) is 10.7 Å². The molecule has 68 valence electrons. The highest BCUT2D eigenvalue weighted by molar-refractivity contribution is 9.10. The maximum atomic E-state index is 12.4. The highest BCUT2D eigenvalue weighted by Gasteiger charge is 2.18. The van der Waals surface area contributed by atoms with Crippen molar-refractivity contribution < 1.29 is 8.78 Å². The van der Waals surface area contributed by atoms with Gasteiger partial charge in [0, 0.05) is 0 Å². The van der Waals surface area contributed by atoms with E-state index in [0.717, 1.165) is 6.20 Å². The third kappa shape index (κ3) is 1.75. The van der Waals surface area contributed by atoms with Crippen molar-refractivity contribution in [2.24, 2.45) is 0 Å². The van der Waals surface area contributed by atoms with Gasteiger partial charge in [-0.25, -0.2) is 13.8 Å². The van der Waals surface area contributed by atoms with Crippen LogP contribution in [-0.4, -0.2) is 4.98 Å². The Bertz CT molecular complexity index is 373. The van der Waals surface area contributed by atoms with E-state index < -0.39 is 6.43 Å². The van der Waals surface area contributed by atoms with E-state index >= 15 is 0 Å². The van der Waals surface area contributed by atoms with Gasteiger partial charge in [-0.2, -0.15) is 5.26 Å². The number of alkyl halides is 2. The molecule has 13 heavy (non-hydrogen) atoms. The fourth-order valence-corrected chi connectivity index (χ4v) is 1.41. The van der Waals surface area contributed by atoms with Gasteiger partial charge in [-0.1, -0.05) is 0 Å². The average Bonchev–Trinajstić information content (AvgIpc) is 2.04. The van der Waals surface area contributed by atoms with Crippen molar-refractivity contribution in [2.45, 2.75) is 6.43 Å². The molecule has 0 aliphatic rings. The van der Waals surface area contributed by atoms with Crippen LogP contribution in [0, 0.1) is 11.3 Å². The van der Waals surface area contributed by atoms with E-state index in [1.807, 2.05) is 0 Å². The van der Waals surface area contributed by atoms with E-state index in [1.54, 1.807) is 6.07 Å². The third-order valence-electron chi connectivity index (χ3n) is 1.41. The Morgan fingerprint density at radius 3 is 2.69 bits per heavy atom. The fourth-order valence-electron chi connectivity index (χ4n) is 0.814. The number of nitrogens with two attached hydrogens (primary N) is 1. The van der Waals surface area contributed by atoms with E-state index in [4.69, 9.17) is 11.0 Å². The molecule has 0 aliphatic heterocycles. The lowest BCUT2D eigenvalue weighted by molar-refractivity contribution is 0.151. The lowest BCUT2D eigenvalue weighted by Gasteiger charge is -2.06. The fraction of sp³-hybridized carbons (Fsp3) is 0.143. The van der Waals surface area contributed by atoms with Gasteiger partial charge >= 0.3 is 0 Å². The Morgan fingerprint density at radius 2 is 2.23 bits per heavy atom. The van der Waals surface area contributed by atoms with Crippen LogP contribution in [0.2, 0.25) is 0 Å². The van der Waals surface area contributed by atoms with E-state index in [9.17, 15) is 8.78 Å². The summed E-state index contributed by atoms with van der Waals surface area (Å²) in [4.78, 5) is 3.57. The Morgan fingerprint density at radius 1 is 1.62 bits per heavy atom. The second kappa shape index (κ2) is 3.66. The minimum absolute atomic E-state index is 0.0370. The number of anilines is 1. The van der Waals surface area contributed by atoms with Gasteiger partial charge in [0.2, 0.25) is 0 Å². The zero-order chi connectivity index (χ0) is 10.0. The summed E-state index contributed by atoms with van der Waals surface area (Å²) in [6, 6.07) is 1.67. The predicted octanol–water partition coefficient (Wildman–Crippen LogP) is 2.24. The summed E-state index contributed by atoms with van der Waals surface area (Å²) in [6.07, 6.45) is -1.67. The Balaban J connectivity index is 3.41. The Hall–Kier alpha value is -1.22. The monoisotopic (exact) mass is 247 g/mol. The molecule has 0 amide bonds. The number of nitrogens with zero attached hydrogens (tertiary/aromatic N) is 2. The quantitative estimate of drug-likeness (QED) is 0.828. The molecule has 1 rings (SSSR count). The van der Waals surface area contributed by atoms with E-state index in [-0.39, 0.29) is 21.4 Å². The van der Waals surface area contributed by atoms with Crippen molar-refractivity contribution in [1.29, 1.82) is 5.26 Å². The number of hydrogen-bond donors (Lipinski definition) is 1. The minimum Gasteiger partial charge on any atom is -0.397 e. The predicted molar refractivity (Wildman–Crippen MR) is 46.0 cm³/mol. The van der Waals surface area contributed by atoms with Gasteiger partial charge in [-0.15, -0.1) is 0 Å². The first-order chi connectivity index (χ1) is 6.07. The molecule has 0 bridgehead atoms. The van der Waals surface area contributed by atoms with Gasteiger partial charge < -0.3 is 5.73 Å². The molecule has 1 aromatic rings. The summed E-state index contributed by atoms with van der Waals surface area (Å²) in [5.41, 5.74) is 4.66. The molecule has 1 aromatic heterocycles. The molecule has 1 heterocycles. The summed E-state index contributed by atoms with van der Waals surface area (Å²) in [5.74, 6) is 0. The van der Waals surface area contributed by atoms with Crippen molar-refractivity contribution >= 4 is 21.6 Å². The van der Waals surface area contributed by atoms with Gasteiger partial charge in [0.25, 0.3) is 6.43 Å². The van der Waals surface area contributed by atoms with E-state index in [1.165, 1.54) is 0 Å². The van der Waals surface area contributed by atoms with Crippen LogP contribution in [0.25, 0.3) is 0 Å². The van der Waals surface area contributed by atoms with Crippen molar-refractivity contribution in [2.75, 3.05) is 5.73 Å². The SMILES string of the molecule is N#Cc1ncc(N)c(C(F)F)c1Br. The van der Waals surface area contributed by atoms with Gasteiger partial charge in [0.15, 0.2) is 5.69 Å². The van der Waals surface area contributed by atoms with E-state index in [0.29, 0.717) is 0 Å². The largest absolute Gasteiger partial charge is 0.397 e. The summed E-state index contributed by atoms with van der Waals surface area (Å²) in [5, 5.41) is 8.49. The molecule has 0 unspecified atom stereocenters. The molecule has 6 heteroatoms. The smallest absolute Gasteiger partial charge is 0.267 e. The molecule has 0 aliphatic carbocycles. The average molecular weight is 248 g/mol. The van der Waals surface area contributed by atoms with Crippen LogP contribution in [0.5, 0.6) is 0 Å². The second-order valence-electron chi connectivity index (χ2n) is 2.20. The second-order valence-corrected chi connectivity index (χ2v) is 3.00. The van der Waals surface area contributed by atoms with Crippen LogP contribution in [0.3, 0.4) is 0 Å². The molecular weight excluding hydrogens is 244 g/mol. The molecule has 0 saturated heterocycles. The third-order valence-corrected chi connectivity index (χ3v) is 2.21. The van der Waals surface area contributed by atoms with Crippen molar-refractivity contribution in [3.63, 3.8) is 0 Å². The van der Waals surface area contributed by atoms with Crippen LogP contribution >= 0.6 is 15.9 Å². The Kier molecular flexibility index (Phi) is 2.78. The molecular formula is C7H4BrF2N3. The molecule has 3 nitrogen and oxygen atoms in total. The van der Waals surface area contributed by atoms with Gasteiger partial charge in [-0.3, -0.25) is 0 Å². The number of pyridine rings is 1. The number of rotatable bonds is 1. The summed E-state index contributed by atoms with van der Waals surface area (Å²) < 4.78 is 24.7. The van der Waals surface area contributed by atoms with Crippen LogP contribution in [-0.2, 0) is 0 Å². The molecule has 0 spiro atoms. The van der Waals surface area contributed by atoms with Crippen LogP contribution in [0.4, 0.5) is 14.5 Å². The minimum atomic E-state index is -2.72. The summed E-state index contributed by atoms with van der Waals surface area (Å²) in [6.45, 7) is 0. The Labute approximate surface area is 81.3 Å². The summed E-state index contributed by atoms with van der Waals surface area (Å²) in [7, 11) is 0. The first-order valence-corrected chi connectivity index (χ1v) is 3.99. The maximum Gasteiger partial charge on any atom is 0.267 e. The number of halogens is 3. The highest BCUT2D eigenvalue weighted by atomic mass is 79.9. The molecule has 0 saturated carbocycles. The number of hydrogen-bond acceptors (Lipinski definition) is 3. The lowest BCUT2D eigenvalue weighted by atomic mass is 10.2. The van der Waals surface area contributed by atoms with Crippen LogP contribution in [0.1, 0.15) is 17.7 Å². The first-order valence-electron chi connectivity index (χ1n) is 3.20. The number of nitriles is 1. The van der Waals surface area contributed by atoms with E-state index in [2.05, 4.69) is 20.9 Å². The van der Waals surface area contributed by atoms with Crippen molar-refractivity contribution in [3.05, 3.63) is 21.9 Å². The molecule has 0 aromatic carbocycles. The normalized spacial score (nSPS) is 10.1. The topological polar surface area (TPSA) is 62.7 Å². The zero-order valence-corrected chi connectivity index (χ0v) is 7.85. The van der Waals surface area contributed by atoms with Gasteiger partial charge in [0.1, 0.15) is 6.07 Å². The lowest BCUT2D eigenvalue weighted by Crippen LogP contribution is -2.00. The standard InChI is InChI=1S/C7H4BrF2N3/c8-6-4(1-11)13-2-3(12)5(6)7(9)10/h2,7H,12H2. The van der Waals surface area contributed by atoms with Crippen LogP contribution < -0.4 is 5.73 Å². The van der Waals surface area contributed by atoms with Gasteiger partial charge in [0.05, 0.1) is 21.9 Å². The van der Waals surface area contributed by atoms with Gasteiger partial charge in [-0.05, 0) is 15.9 Å². The molecule has 2 N–H and O–H groups in total. The van der Waals surface area contributed by atoms with Crippen molar-refractivity contribution in [1.82, 2.24) is 4.98 Å². The van der Waals surface area contributed by atoms with Crippen molar-refractivity contribution in [3.8, 4) is 6.07 Å².